The zero-order chi connectivity index (χ0) is 27.7. The van der Waals surface area contributed by atoms with E-state index < -0.39 is 35.7 Å². The van der Waals surface area contributed by atoms with Crippen molar-refractivity contribution in [3.63, 3.8) is 0 Å². The van der Waals surface area contributed by atoms with Gasteiger partial charge in [0, 0.05) is 31.6 Å². The van der Waals surface area contributed by atoms with Crippen LogP contribution in [0, 0.1) is 17.6 Å². The third-order valence-electron chi connectivity index (χ3n) is 7.65. The number of amides is 2. The second-order valence-corrected chi connectivity index (χ2v) is 10.8. The maximum Gasteiger partial charge on any atom is 0.243 e. The fourth-order valence-corrected chi connectivity index (χ4v) is 5.31. The molecule has 0 radical (unpaired) electrons. The lowest BCUT2D eigenvalue weighted by Gasteiger charge is -2.32. The maximum absolute atomic E-state index is 13.9. The first-order chi connectivity index (χ1) is 18.2. The molecule has 38 heavy (non-hydrogen) atoms. The number of hydrogen-bond donors (Lipinski definition) is 3. The quantitative estimate of drug-likeness (QED) is 0.465. The number of hydrogen-bond acceptors (Lipinski definition) is 5. The van der Waals surface area contributed by atoms with Gasteiger partial charge in [0.05, 0.1) is 24.9 Å². The number of nitrogens with one attached hydrogen (secondary N) is 2. The van der Waals surface area contributed by atoms with E-state index in [2.05, 4.69) is 17.6 Å². The highest BCUT2D eigenvalue weighted by molar-refractivity contribution is 5.88. The molecule has 1 saturated carbocycles. The number of fused-ring (bicyclic) bond motifs is 2. The van der Waals surface area contributed by atoms with Gasteiger partial charge in [0.15, 0.2) is 0 Å². The van der Waals surface area contributed by atoms with Gasteiger partial charge in [-0.3, -0.25) is 9.59 Å². The fraction of sp³-hybridized carbons (Fsp3) is 0.655. The minimum absolute atomic E-state index is 0.0345. The molecule has 2 aliphatic rings. The van der Waals surface area contributed by atoms with Crippen molar-refractivity contribution in [3.05, 3.63) is 47.5 Å². The summed E-state index contributed by atoms with van der Waals surface area (Å²) >= 11 is 0. The molecule has 0 spiro atoms. The van der Waals surface area contributed by atoms with Gasteiger partial charge in [0.25, 0.3) is 0 Å². The molecule has 0 saturated heterocycles. The molecule has 1 aliphatic heterocycles. The van der Waals surface area contributed by atoms with Crippen LogP contribution in [0.2, 0.25) is 0 Å². The number of benzene rings is 1. The summed E-state index contributed by atoms with van der Waals surface area (Å²) in [5, 5.41) is 17.4. The zero-order valence-corrected chi connectivity index (χ0v) is 22.8. The second kappa shape index (κ2) is 14.7. The van der Waals surface area contributed by atoms with Crippen molar-refractivity contribution >= 4 is 11.8 Å². The van der Waals surface area contributed by atoms with E-state index >= 15 is 0 Å². The number of carbonyl (C=O) groups excluding carboxylic acids is 2. The van der Waals surface area contributed by atoms with Gasteiger partial charge >= 0.3 is 0 Å². The van der Waals surface area contributed by atoms with Crippen LogP contribution in [0.5, 0.6) is 0 Å². The van der Waals surface area contributed by atoms with Crippen molar-refractivity contribution in [2.45, 2.75) is 95.5 Å². The first-order valence-electron chi connectivity index (χ1n) is 13.9. The maximum atomic E-state index is 13.9. The number of likely N-dealkylation sites (N-methyl/N-ethyl adjacent to an activating group) is 1. The molecule has 212 valence electrons. The average Bonchev–Trinajstić information content (AvgIpc) is 3.33. The number of rotatable bonds is 7. The number of unbranched alkanes of at least 4 members (excludes halogenated alkanes) is 1. The summed E-state index contributed by atoms with van der Waals surface area (Å²) in [6, 6.07) is 1.74. The molecule has 2 amide bonds. The number of aliphatic hydroxyl groups is 1. The van der Waals surface area contributed by atoms with Crippen LogP contribution in [0.1, 0.15) is 64.4 Å². The highest BCUT2D eigenvalue weighted by atomic mass is 19.1. The Bertz CT molecular complexity index is 940. The van der Waals surface area contributed by atoms with Crippen LogP contribution >= 0.6 is 0 Å². The van der Waals surface area contributed by atoms with Crippen LogP contribution in [0.15, 0.2) is 30.4 Å². The van der Waals surface area contributed by atoms with E-state index in [1.165, 1.54) is 17.0 Å². The lowest BCUT2D eigenvalue weighted by Crippen LogP contribution is -2.55. The van der Waals surface area contributed by atoms with Gasteiger partial charge in [-0.1, -0.05) is 38.8 Å². The van der Waals surface area contributed by atoms with Crippen LogP contribution in [-0.2, 0) is 20.7 Å². The molecule has 1 fully saturated rings. The first-order valence-corrected chi connectivity index (χ1v) is 13.9. The molecule has 2 bridgehead atoms. The van der Waals surface area contributed by atoms with E-state index in [1.54, 1.807) is 7.05 Å². The molecule has 1 aliphatic carbocycles. The monoisotopic (exact) mass is 535 g/mol. The van der Waals surface area contributed by atoms with Crippen molar-refractivity contribution in [3.8, 4) is 0 Å². The Balaban J connectivity index is 1.85. The number of aliphatic hydroxyl groups excluding tert-OH is 1. The van der Waals surface area contributed by atoms with Gasteiger partial charge in [0.2, 0.25) is 11.8 Å². The molecule has 1 heterocycles. The molecule has 1 aromatic carbocycles. The zero-order valence-electron chi connectivity index (χ0n) is 22.8. The van der Waals surface area contributed by atoms with Gasteiger partial charge < -0.3 is 25.4 Å². The molecule has 9 heteroatoms. The molecule has 3 N–H and O–H groups in total. The van der Waals surface area contributed by atoms with Gasteiger partial charge in [-0.25, -0.2) is 8.78 Å². The Hall–Kier alpha value is -2.36. The first kappa shape index (κ1) is 30.2. The van der Waals surface area contributed by atoms with Crippen molar-refractivity contribution in [2.75, 3.05) is 20.2 Å². The standard InChI is InChI=1S/C29H43F2N3O4/c1-4-5-8-19(2)29(37)34(3)26-9-6-7-12-38-24-11-10-23(17-24)32-18-27(35)25(33-28(26)36)15-20-13-21(30)16-22(31)14-20/h6-7,13-14,16,19,23-27,32,35H,4-5,8-12,15,17-18H2,1-3H3,(H,33,36)/t19-,23+,24-,25-,26-,27+/m0/s1. The largest absolute Gasteiger partial charge is 0.390 e. The topological polar surface area (TPSA) is 90.9 Å². The van der Waals surface area contributed by atoms with Crippen LogP contribution in [0.4, 0.5) is 8.78 Å². The van der Waals surface area contributed by atoms with Gasteiger partial charge in [0.1, 0.15) is 17.7 Å². The third kappa shape index (κ3) is 8.85. The molecule has 1 aromatic rings. The predicted octanol–water partition coefficient (Wildman–Crippen LogP) is 3.49. The Morgan fingerprint density at radius 1 is 1.21 bits per heavy atom. The Labute approximate surface area is 225 Å². The molecule has 7 nitrogen and oxygen atoms in total. The van der Waals surface area contributed by atoms with E-state index in [1.807, 2.05) is 19.1 Å². The molecule has 0 unspecified atom stereocenters. The van der Waals surface area contributed by atoms with Crippen LogP contribution in [0.3, 0.4) is 0 Å². The summed E-state index contributed by atoms with van der Waals surface area (Å²) < 4.78 is 33.8. The predicted molar refractivity (Wildman–Crippen MR) is 142 cm³/mol. The number of nitrogens with zero attached hydrogens (tertiary/aromatic N) is 1. The minimum atomic E-state index is -1.02. The SMILES string of the molecule is CCCC[C@H](C)C(=O)N(C)[C@H]1CC=CCO[C@H]2CC[C@H](C2)NC[C@@H](O)[C@H](Cc2cc(F)cc(F)c2)NC1=O. The van der Waals surface area contributed by atoms with Crippen LogP contribution < -0.4 is 10.6 Å². The van der Waals surface area contributed by atoms with E-state index in [9.17, 15) is 23.5 Å². The van der Waals surface area contributed by atoms with E-state index in [0.717, 1.165) is 44.6 Å². The van der Waals surface area contributed by atoms with Crippen LogP contribution in [-0.4, -0.2) is 72.4 Å². The Kier molecular flexibility index (Phi) is 11.7. The van der Waals surface area contributed by atoms with E-state index in [0.29, 0.717) is 12.2 Å². The number of halogens is 2. The number of β-amino-alcohol motifs (C(OH)–C–C–N with tert-alkyl or cyclic N) is 1. The van der Waals surface area contributed by atoms with E-state index in [-0.39, 0.29) is 43.4 Å². The summed E-state index contributed by atoms with van der Waals surface area (Å²) in [4.78, 5) is 28.2. The fourth-order valence-electron chi connectivity index (χ4n) is 5.31. The minimum Gasteiger partial charge on any atom is -0.390 e. The summed E-state index contributed by atoms with van der Waals surface area (Å²) in [5.74, 6) is -2.21. The molecule has 6 atom stereocenters. The summed E-state index contributed by atoms with van der Waals surface area (Å²) in [6.07, 6.45) is 8.42. The number of ether oxygens (including phenoxy) is 1. The average molecular weight is 536 g/mol. The normalized spacial score (nSPS) is 27.7. The van der Waals surface area contributed by atoms with Gasteiger partial charge in [-0.05, 0) is 56.2 Å². The summed E-state index contributed by atoms with van der Waals surface area (Å²) in [6.45, 7) is 4.56. The van der Waals surface area contributed by atoms with Gasteiger partial charge in [-0.2, -0.15) is 0 Å². The highest BCUT2D eigenvalue weighted by Crippen LogP contribution is 2.23. The van der Waals surface area contributed by atoms with Crippen molar-refractivity contribution in [1.82, 2.24) is 15.5 Å². The third-order valence-corrected chi connectivity index (χ3v) is 7.65. The molecular formula is C29H43F2N3O4. The van der Waals surface area contributed by atoms with Crippen molar-refractivity contribution in [1.29, 1.82) is 0 Å². The Morgan fingerprint density at radius 3 is 2.66 bits per heavy atom. The summed E-state index contributed by atoms with van der Waals surface area (Å²) in [5.41, 5.74) is 0.327. The summed E-state index contributed by atoms with van der Waals surface area (Å²) in [7, 11) is 1.63. The lowest BCUT2D eigenvalue weighted by atomic mass is 9.98. The van der Waals surface area contributed by atoms with E-state index in [4.69, 9.17) is 4.74 Å². The highest BCUT2D eigenvalue weighted by Gasteiger charge is 2.33. The Morgan fingerprint density at radius 2 is 1.95 bits per heavy atom. The second-order valence-electron chi connectivity index (χ2n) is 10.8. The molecule has 3 rings (SSSR count). The smallest absolute Gasteiger partial charge is 0.243 e. The van der Waals surface area contributed by atoms with Crippen LogP contribution in [0.25, 0.3) is 0 Å². The van der Waals surface area contributed by atoms with Crippen molar-refractivity contribution < 1.29 is 28.2 Å². The van der Waals surface area contributed by atoms with Gasteiger partial charge in [-0.15, -0.1) is 0 Å². The lowest BCUT2D eigenvalue weighted by molar-refractivity contribution is -0.142. The number of carbonyl (C=O) groups is 2. The van der Waals surface area contributed by atoms with Crippen molar-refractivity contribution in [2.24, 2.45) is 5.92 Å². The molecule has 0 aromatic heterocycles. The molecular weight excluding hydrogens is 492 g/mol.